The number of alkyl halides is 5. The highest BCUT2D eigenvalue weighted by Gasteiger charge is 2.37. The Balaban J connectivity index is 1.64. The summed E-state index contributed by atoms with van der Waals surface area (Å²) >= 11 is 4.20. The zero-order valence-corrected chi connectivity index (χ0v) is 25.8. The molecule has 1 fully saturated rings. The summed E-state index contributed by atoms with van der Waals surface area (Å²) in [5.41, 5.74) is 1.39. The molecule has 3 aromatic heterocycles. The van der Waals surface area contributed by atoms with E-state index in [-0.39, 0.29) is 28.7 Å². The molecule has 5 rings (SSSR count). The number of halogens is 5. The van der Waals surface area contributed by atoms with Crippen LogP contribution in [0.4, 0.5) is 18.9 Å². The van der Waals surface area contributed by atoms with Gasteiger partial charge in [0.1, 0.15) is 11.5 Å². The number of aryl methyl sites for hydroxylation is 2. The number of hydrogen-bond donors (Lipinski definition) is 2. The lowest BCUT2D eigenvalue weighted by Crippen LogP contribution is -2.28. The number of carbonyl (C=O) groups is 2. The quantitative estimate of drug-likeness (QED) is 0.176. The summed E-state index contributed by atoms with van der Waals surface area (Å²) in [6.45, 7) is 2.34. The number of benzene rings is 1. The van der Waals surface area contributed by atoms with Crippen molar-refractivity contribution in [2.24, 2.45) is 13.0 Å². The zero-order valence-electron chi connectivity index (χ0n) is 21.4. The monoisotopic (exact) mass is 777 g/mol. The second kappa shape index (κ2) is 11.3. The van der Waals surface area contributed by atoms with Crippen molar-refractivity contribution in [2.75, 3.05) is 11.9 Å². The minimum absolute atomic E-state index is 0.117. The number of amides is 2. The van der Waals surface area contributed by atoms with Gasteiger partial charge < -0.3 is 15.2 Å². The molecule has 1 aliphatic rings. The van der Waals surface area contributed by atoms with Gasteiger partial charge in [0.05, 0.1) is 22.3 Å². The Labute approximate surface area is 254 Å². The highest BCUT2D eigenvalue weighted by molar-refractivity contribution is 14.1. The first-order valence-electron chi connectivity index (χ1n) is 12.3. The molecule has 14 heteroatoms. The maximum atomic E-state index is 13.8. The average Bonchev–Trinajstić information content (AvgIpc) is 3.57. The van der Waals surface area contributed by atoms with E-state index in [0.717, 1.165) is 23.0 Å². The molecule has 1 saturated carbocycles. The number of hydrogen-bond acceptors (Lipinski definition) is 5. The number of anilines is 1. The van der Waals surface area contributed by atoms with Crippen LogP contribution < -0.4 is 10.6 Å². The van der Waals surface area contributed by atoms with Crippen molar-refractivity contribution in [3.05, 3.63) is 64.4 Å². The van der Waals surface area contributed by atoms with Crippen LogP contribution in [0.2, 0.25) is 0 Å². The van der Waals surface area contributed by atoms with Gasteiger partial charge >= 0.3 is 6.18 Å². The van der Waals surface area contributed by atoms with Gasteiger partial charge in [0, 0.05) is 45.8 Å². The van der Waals surface area contributed by atoms with Gasteiger partial charge in [-0.1, -0.05) is 51.2 Å². The molecule has 3 heterocycles. The summed E-state index contributed by atoms with van der Waals surface area (Å²) < 4.78 is 44.8. The molecule has 0 unspecified atom stereocenters. The molecule has 2 amide bonds. The van der Waals surface area contributed by atoms with E-state index in [1.54, 1.807) is 18.2 Å². The second-order valence-corrected chi connectivity index (χ2v) is 11.1. The second-order valence-electron chi connectivity index (χ2n) is 9.55. The molecule has 4 aromatic rings. The van der Waals surface area contributed by atoms with Crippen LogP contribution in [0.3, 0.4) is 0 Å². The minimum Gasteiger partial charge on any atom is -0.352 e. The Morgan fingerprint density at radius 3 is 2.55 bits per heavy atom. The maximum Gasteiger partial charge on any atom is 0.435 e. The fourth-order valence-corrected chi connectivity index (χ4v) is 5.77. The molecule has 0 radical (unpaired) electrons. The van der Waals surface area contributed by atoms with E-state index in [1.807, 2.05) is 18.5 Å². The number of pyridine rings is 1. The summed E-state index contributed by atoms with van der Waals surface area (Å²) in [5.74, 6) is 0.0103. The van der Waals surface area contributed by atoms with E-state index in [2.05, 4.69) is 70.9 Å². The van der Waals surface area contributed by atoms with Gasteiger partial charge in [-0.2, -0.15) is 18.3 Å². The molecule has 0 atom stereocenters. The van der Waals surface area contributed by atoms with Gasteiger partial charge in [-0.05, 0) is 37.8 Å². The number of rotatable bonds is 8. The largest absolute Gasteiger partial charge is 0.435 e. The van der Waals surface area contributed by atoms with Gasteiger partial charge in [-0.15, -0.1) is 0 Å². The number of fused-ring (bicyclic) bond motifs is 1. The SMILES string of the molecule is Cc1nc2cc(C(=O)NCC3CC3)c(NC(=O)c3cc(C(F)(F)F)nn3-c3ncccc3CI)c(CI)c2n1C. The molecule has 1 aliphatic carbocycles. The standard InChI is InChI=1S/C26H24F3I2N7O2/c1-13-34-18-8-16(24(39)33-12-14-5-6-14)21(17(11-31)22(18)37(13)2)35-25(40)19-9-20(26(27,28)29)36-38(19)23-15(10-30)4-3-7-32-23/h3-4,7-9,14H,5-6,10-12H2,1-2H3,(H,33,39)(H,35,40). The number of imidazole rings is 1. The molecule has 210 valence electrons. The first-order valence-corrected chi connectivity index (χ1v) is 15.4. The lowest BCUT2D eigenvalue weighted by Gasteiger charge is -2.17. The van der Waals surface area contributed by atoms with Crippen LogP contribution in [0.1, 0.15) is 56.3 Å². The average molecular weight is 777 g/mol. The number of nitrogens with zero attached hydrogens (tertiary/aromatic N) is 5. The molecule has 9 nitrogen and oxygen atoms in total. The van der Waals surface area contributed by atoms with Crippen LogP contribution in [-0.4, -0.2) is 42.7 Å². The molecule has 40 heavy (non-hydrogen) atoms. The third-order valence-electron chi connectivity index (χ3n) is 6.79. The molecular formula is C26H24F3I2N7O2. The first-order chi connectivity index (χ1) is 19.0. The fourth-order valence-electron chi connectivity index (χ4n) is 4.44. The highest BCUT2D eigenvalue weighted by Crippen LogP contribution is 2.35. The first kappa shape index (κ1) is 28.8. The Bertz CT molecular complexity index is 1630. The summed E-state index contributed by atoms with van der Waals surface area (Å²) in [6, 6.07) is 5.68. The predicted molar refractivity (Wildman–Crippen MR) is 160 cm³/mol. The van der Waals surface area contributed by atoms with Crippen LogP contribution in [-0.2, 0) is 22.1 Å². The van der Waals surface area contributed by atoms with Crippen molar-refractivity contribution >= 4 is 73.7 Å². The Kier molecular flexibility index (Phi) is 8.09. The molecular weight excluding hydrogens is 753 g/mol. The van der Waals surface area contributed by atoms with Crippen LogP contribution in [0.25, 0.3) is 16.9 Å². The summed E-state index contributed by atoms with van der Waals surface area (Å²) in [7, 11) is 1.83. The highest BCUT2D eigenvalue weighted by atomic mass is 127. The van der Waals surface area contributed by atoms with Gasteiger partial charge in [0.15, 0.2) is 11.5 Å². The van der Waals surface area contributed by atoms with E-state index < -0.39 is 17.8 Å². The van der Waals surface area contributed by atoms with Crippen molar-refractivity contribution in [1.29, 1.82) is 0 Å². The van der Waals surface area contributed by atoms with Gasteiger partial charge in [-0.3, -0.25) is 9.59 Å². The Morgan fingerprint density at radius 1 is 1.15 bits per heavy atom. The lowest BCUT2D eigenvalue weighted by molar-refractivity contribution is -0.141. The normalized spacial score (nSPS) is 13.6. The Morgan fingerprint density at radius 2 is 1.90 bits per heavy atom. The van der Waals surface area contributed by atoms with Crippen molar-refractivity contribution in [3.63, 3.8) is 0 Å². The summed E-state index contributed by atoms with van der Waals surface area (Å²) in [4.78, 5) is 35.9. The van der Waals surface area contributed by atoms with Crippen molar-refractivity contribution in [1.82, 2.24) is 29.6 Å². The van der Waals surface area contributed by atoms with Crippen LogP contribution >= 0.6 is 45.2 Å². The van der Waals surface area contributed by atoms with E-state index in [0.29, 0.717) is 49.9 Å². The van der Waals surface area contributed by atoms with Crippen LogP contribution in [0, 0.1) is 12.8 Å². The molecule has 0 spiro atoms. The smallest absolute Gasteiger partial charge is 0.352 e. The zero-order chi connectivity index (χ0) is 28.8. The van der Waals surface area contributed by atoms with Crippen molar-refractivity contribution < 1.29 is 22.8 Å². The fraction of sp³-hybridized carbons (Fsp3) is 0.346. The third kappa shape index (κ3) is 5.56. The summed E-state index contributed by atoms with van der Waals surface area (Å²) in [5, 5.41) is 9.41. The maximum absolute atomic E-state index is 13.8. The van der Waals surface area contributed by atoms with Crippen molar-refractivity contribution in [2.45, 2.75) is 34.8 Å². The molecule has 0 aliphatic heterocycles. The molecule has 1 aromatic carbocycles. The molecule has 0 saturated heterocycles. The van der Waals surface area contributed by atoms with Crippen LogP contribution in [0.15, 0.2) is 30.5 Å². The van der Waals surface area contributed by atoms with E-state index in [1.165, 1.54) is 6.20 Å². The molecule has 0 bridgehead atoms. The number of aromatic nitrogens is 5. The predicted octanol–water partition coefficient (Wildman–Crippen LogP) is 5.74. The third-order valence-corrected chi connectivity index (χ3v) is 8.38. The number of nitrogens with one attached hydrogen (secondary N) is 2. The minimum atomic E-state index is -4.79. The summed E-state index contributed by atoms with van der Waals surface area (Å²) in [6.07, 6.45) is -1.28. The molecule has 2 N–H and O–H groups in total. The van der Waals surface area contributed by atoms with Gasteiger partial charge in [0.25, 0.3) is 11.8 Å². The van der Waals surface area contributed by atoms with E-state index in [9.17, 15) is 22.8 Å². The van der Waals surface area contributed by atoms with E-state index in [4.69, 9.17) is 0 Å². The van der Waals surface area contributed by atoms with E-state index >= 15 is 0 Å². The van der Waals surface area contributed by atoms with Crippen LogP contribution in [0.5, 0.6) is 0 Å². The van der Waals surface area contributed by atoms with Crippen molar-refractivity contribution in [3.8, 4) is 5.82 Å². The van der Waals surface area contributed by atoms with Gasteiger partial charge in [-0.25, -0.2) is 14.6 Å². The topological polar surface area (TPSA) is 107 Å². The van der Waals surface area contributed by atoms with Gasteiger partial charge in [0.2, 0.25) is 0 Å². The number of carbonyl (C=O) groups excluding carboxylic acids is 2. The lowest BCUT2D eigenvalue weighted by atomic mass is 10.0. The Hall–Kier alpha value is -2.76.